The Morgan fingerprint density at radius 3 is 1.61 bits per heavy atom. The van der Waals surface area contributed by atoms with Crippen LogP contribution in [0.4, 0.5) is 0 Å². The summed E-state index contributed by atoms with van der Waals surface area (Å²) in [6, 6.07) is 28.5. The van der Waals surface area contributed by atoms with Gasteiger partial charge >= 0.3 is 0 Å². The van der Waals surface area contributed by atoms with Gasteiger partial charge in [0.1, 0.15) is 0 Å². The summed E-state index contributed by atoms with van der Waals surface area (Å²) in [6.07, 6.45) is 2.13. The Morgan fingerprint density at radius 2 is 1.13 bits per heavy atom. The summed E-state index contributed by atoms with van der Waals surface area (Å²) in [7, 11) is 0. The molecular formula is C22H17Cl. The van der Waals surface area contributed by atoms with E-state index in [4.69, 9.17) is 11.6 Å². The van der Waals surface area contributed by atoms with Crippen LogP contribution in [0.2, 0.25) is 5.02 Å². The molecule has 0 bridgehead atoms. The van der Waals surface area contributed by atoms with Gasteiger partial charge in [0.15, 0.2) is 0 Å². The van der Waals surface area contributed by atoms with Gasteiger partial charge in [-0.2, -0.15) is 0 Å². The second kappa shape index (κ2) is 7.13. The molecule has 0 heterocycles. The molecule has 0 N–H and O–H groups in total. The lowest BCUT2D eigenvalue weighted by Gasteiger charge is -2.10. The fourth-order valence-electron chi connectivity index (χ4n) is 2.49. The number of rotatable bonds is 4. The van der Waals surface area contributed by atoms with E-state index in [1.807, 2.05) is 36.4 Å². The first kappa shape index (κ1) is 15.3. The van der Waals surface area contributed by atoms with E-state index in [2.05, 4.69) is 61.2 Å². The first-order valence-electron chi connectivity index (χ1n) is 7.51. The summed E-state index contributed by atoms with van der Waals surface area (Å²) in [4.78, 5) is 0. The summed E-state index contributed by atoms with van der Waals surface area (Å²) >= 11 is 5.97. The number of allylic oxidation sites excluding steroid dienone is 2. The fraction of sp³-hybridized carbons (Fsp3) is 0. The predicted molar refractivity (Wildman–Crippen MR) is 100 cm³/mol. The van der Waals surface area contributed by atoms with Gasteiger partial charge in [-0.1, -0.05) is 91.0 Å². The number of halogens is 1. The standard InChI is InChI=1S/C22H17Cl/c1-17(18-12-14-21(23)15-13-18)16-22(19-8-4-2-5-9-19)20-10-6-3-7-11-20/h2-16H,1H2. The molecule has 0 nitrogen and oxygen atoms in total. The van der Waals surface area contributed by atoms with Crippen molar-refractivity contribution in [2.45, 2.75) is 0 Å². The van der Waals surface area contributed by atoms with Gasteiger partial charge in [0.2, 0.25) is 0 Å². The third-order valence-electron chi connectivity index (χ3n) is 3.70. The van der Waals surface area contributed by atoms with Crippen LogP contribution >= 0.6 is 11.6 Å². The Morgan fingerprint density at radius 1 is 0.652 bits per heavy atom. The van der Waals surface area contributed by atoms with Crippen LogP contribution in [0.25, 0.3) is 11.1 Å². The Labute approximate surface area is 142 Å². The predicted octanol–water partition coefficient (Wildman–Crippen LogP) is 6.49. The Hall–Kier alpha value is -2.57. The number of benzene rings is 3. The van der Waals surface area contributed by atoms with Gasteiger partial charge in [-0.3, -0.25) is 0 Å². The number of hydrogen-bond donors (Lipinski definition) is 0. The van der Waals surface area contributed by atoms with E-state index < -0.39 is 0 Å². The van der Waals surface area contributed by atoms with Crippen LogP contribution in [0.15, 0.2) is 97.6 Å². The topological polar surface area (TPSA) is 0 Å². The van der Waals surface area contributed by atoms with Gasteiger partial charge in [-0.25, -0.2) is 0 Å². The highest BCUT2D eigenvalue weighted by Crippen LogP contribution is 2.27. The molecule has 1 heteroatoms. The fourth-order valence-corrected chi connectivity index (χ4v) is 2.62. The molecule has 112 valence electrons. The van der Waals surface area contributed by atoms with Crippen molar-refractivity contribution in [3.63, 3.8) is 0 Å². The van der Waals surface area contributed by atoms with Crippen molar-refractivity contribution in [3.05, 3.63) is 119 Å². The van der Waals surface area contributed by atoms with E-state index in [1.165, 1.54) is 11.1 Å². The molecule has 0 fully saturated rings. The molecular weight excluding hydrogens is 300 g/mol. The zero-order chi connectivity index (χ0) is 16.1. The zero-order valence-corrected chi connectivity index (χ0v) is 13.5. The monoisotopic (exact) mass is 316 g/mol. The Kier molecular flexibility index (Phi) is 4.75. The molecule has 0 aromatic heterocycles. The third kappa shape index (κ3) is 3.80. The highest BCUT2D eigenvalue weighted by molar-refractivity contribution is 6.30. The maximum Gasteiger partial charge on any atom is 0.0406 e. The molecule has 3 aromatic rings. The van der Waals surface area contributed by atoms with E-state index in [-0.39, 0.29) is 0 Å². The third-order valence-corrected chi connectivity index (χ3v) is 3.96. The molecule has 0 unspecified atom stereocenters. The molecule has 0 aliphatic rings. The van der Waals surface area contributed by atoms with E-state index in [0.29, 0.717) is 0 Å². The molecule has 0 spiro atoms. The molecule has 0 saturated carbocycles. The minimum absolute atomic E-state index is 0.733. The maximum absolute atomic E-state index is 5.97. The van der Waals surface area contributed by atoms with E-state index in [9.17, 15) is 0 Å². The van der Waals surface area contributed by atoms with Gasteiger partial charge in [-0.15, -0.1) is 0 Å². The first-order chi connectivity index (χ1) is 11.2. The molecule has 3 aromatic carbocycles. The Balaban J connectivity index is 2.05. The molecule has 0 saturated heterocycles. The zero-order valence-electron chi connectivity index (χ0n) is 12.7. The molecule has 0 aliphatic carbocycles. The quantitative estimate of drug-likeness (QED) is 0.483. The smallest absolute Gasteiger partial charge is 0.0406 e. The second-order valence-corrected chi connectivity index (χ2v) is 5.76. The minimum atomic E-state index is 0.733. The SMILES string of the molecule is C=C(C=C(c1ccccc1)c1ccccc1)c1ccc(Cl)cc1. The van der Waals surface area contributed by atoms with Crippen molar-refractivity contribution in [1.29, 1.82) is 0 Å². The van der Waals surface area contributed by atoms with Crippen LogP contribution in [0, 0.1) is 0 Å². The van der Waals surface area contributed by atoms with Crippen molar-refractivity contribution in [3.8, 4) is 0 Å². The summed E-state index contributed by atoms with van der Waals surface area (Å²) in [5, 5.41) is 0.733. The van der Waals surface area contributed by atoms with Gasteiger partial charge in [0.05, 0.1) is 0 Å². The van der Waals surface area contributed by atoms with Gasteiger partial charge < -0.3 is 0 Å². The van der Waals surface area contributed by atoms with Crippen LogP contribution in [0.1, 0.15) is 16.7 Å². The molecule has 0 amide bonds. The minimum Gasteiger partial charge on any atom is -0.0911 e. The lowest BCUT2D eigenvalue weighted by atomic mass is 9.94. The summed E-state index contributed by atoms with van der Waals surface area (Å²) in [5.74, 6) is 0. The van der Waals surface area contributed by atoms with Crippen LogP contribution in [-0.2, 0) is 0 Å². The van der Waals surface area contributed by atoms with Crippen molar-refractivity contribution >= 4 is 22.7 Å². The van der Waals surface area contributed by atoms with E-state index in [0.717, 1.165) is 21.7 Å². The highest BCUT2D eigenvalue weighted by Gasteiger charge is 2.06. The molecule has 3 rings (SSSR count). The average Bonchev–Trinajstić information content (AvgIpc) is 2.61. The number of hydrogen-bond acceptors (Lipinski definition) is 0. The normalized spacial score (nSPS) is 10.1. The largest absolute Gasteiger partial charge is 0.0911 e. The Bertz CT molecular complexity index is 771. The summed E-state index contributed by atoms with van der Waals surface area (Å²) in [5.41, 5.74) is 5.54. The maximum atomic E-state index is 5.97. The van der Waals surface area contributed by atoms with Crippen molar-refractivity contribution in [1.82, 2.24) is 0 Å². The van der Waals surface area contributed by atoms with Crippen LogP contribution in [0.5, 0.6) is 0 Å². The van der Waals surface area contributed by atoms with Crippen molar-refractivity contribution in [2.75, 3.05) is 0 Å². The van der Waals surface area contributed by atoms with Gasteiger partial charge in [0.25, 0.3) is 0 Å². The first-order valence-corrected chi connectivity index (χ1v) is 7.89. The van der Waals surface area contributed by atoms with E-state index >= 15 is 0 Å². The molecule has 0 aliphatic heterocycles. The van der Waals surface area contributed by atoms with Crippen molar-refractivity contribution in [2.24, 2.45) is 0 Å². The lowest BCUT2D eigenvalue weighted by molar-refractivity contribution is 1.54. The summed E-state index contributed by atoms with van der Waals surface area (Å²) in [6.45, 7) is 4.23. The van der Waals surface area contributed by atoms with Crippen molar-refractivity contribution < 1.29 is 0 Å². The van der Waals surface area contributed by atoms with Gasteiger partial charge in [-0.05, 0) is 46.0 Å². The average molecular weight is 317 g/mol. The van der Waals surface area contributed by atoms with Gasteiger partial charge in [0, 0.05) is 5.02 Å². The van der Waals surface area contributed by atoms with Crippen LogP contribution < -0.4 is 0 Å². The second-order valence-electron chi connectivity index (χ2n) is 5.32. The summed E-state index contributed by atoms with van der Waals surface area (Å²) < 4.78 is 0. The van der Waals surface area contributed by atoms with Crippen LogP contribution in [0.3, 0.4) is 0 Å². The molecule has 0 atom stereocenters. The van der Waals surface area contributed by atoms with Crippen LogP contribution in [-0.4, -0.2) is 0 Å². The van der Waals surface area contributed by atoms with E-state index in [1.54, 1.807) is 0 Å². The highest BCUT2D eigenvalue weighted by atomic mass is 35.5. The lowest BCUT2D eigenvalue weighted by Crippen LogP contribution is -1.89. The molecule has 23 heavy (non-hydrogen) atoms. The molecule has 0 radical (unpaired) electrons.